The Balaban J connectivity index is 0.00000176. The maximum atomic E-state index is 5.26. The number of hydrogen-bond acceptors (Lipinski definition) is 5. The zero-order valence-electron chi connectivity index (χ0n) is 13.1. The highest BCUT2D eigenvalue weighted by Gasteiger charge is 2.25. The van der Waals surface area contributed by atoms with Gasteiger partial charge in [0.05, 0.1) is 6.54 Å². The van der Waals surface area contributed by atoms with Crippen LogP contribution in [0.15, 0.2) is 28.8 Å². The topological polar surface area (TPSA) is 54.2 Å². The van der Waals surface area contributed by atoms with E-state index in [4.69, 9.17) is 4.52 Å². The summed E-state index contributed by atoms with van der Waals surface area (Å²) in [6.45, 7) is 7.69. The highest BCUT2D eigenvalue weighted by Crippen LogP contribution is 2.24. The van der Waals surface area contributed by atoms with Gasteiger partial charge in [-0.25, -0.2) is 0 Å². The molecule has 0 spiro atoms. The number of hydrogen-bond donors (Lipinski definition) is 1. The summed E-state index contributed by atoms with van der Waals surface area (Å²) in [4.78, 5) is 6.73. The third-order valence-corrected chi connectivity index (χ3v) is 4.03. The van der Waals surface area contributed by atoms with Crippen LogP contribution in [0.1, 0.15) is 35.8 Å². The van der Waals surface area contributed by atoms with Crippen LogP contribution in [0.2, 0.25) is 0 Å². The molecule has 1 aromatic carbocycles. The van der Waals surface area contributed by atoms with E-state index in [9.17, 15) is 0 Å². The summed E-state index contributed by atoms with van der Waals surface area (Å²) in [5.41, 5.74) is 2.72. The lowest BCUT2D eigenvalue weighted by Gasteiger charge is -2.35. The Morgan fingerprint density at radius 2 is 2.09 bits per heavy atom. The number of nitrogens with one attached hydrogen (secondary N) is 1. The summed E-state index contributed by atoms with van der Waals surface area (Å²) in [6.07, 6.45) is 1.08. The molecule has 0 radical (unpaired) electrons. The van der Waals surface area contributed by atoms with E-state index in [2.05, 4.69) is 51.5 Å². The van der Waals surface area contributed by atoms with Crippen LogP contribution in [0.5, 0.6) is 0 Å². The third kappa shape index (κ3) is 3.85. The van der Waals surface area contributed by atoms with Crippen molar-refractivity contribution in [2.45, 2.75) is 32.9 Å². The molecule has 2 heterocycles. The summed E-state index contributed by atoms with van der Waals surface area (Å²) < 4.78 is 5.26. The molecule has 0 saturated carbocycles. The van der Waals surface area contributed by atoms with E-state index in [0.717, 1.165) is 26.1 Å². The van der Waals surface area contributed by atoms with Gasteiger partial charge in [0.15, 0.2) is 5.82 Å². The molecule has 1 saturated heterocycles. The van der Waals surface area contributed by atoms with Crippen LogP contribution in [-0.2, 0) is 13.0 Å². The van der Waals surface area contributed by atoms with E-state index in [1.165, 1.54) is 11.1 Å². The molecule has 1 unspecified atom stereocenters. The number of benzene rings is 1. The first kappa shape index (κ1) is 16.9. The Bertz CT molecular complexity index is 584. The summed E-state index contributed by atoms with van der Waals surface area (Å²) >= 11 is 0. The molecule has 0 amide bonds. The molecule has 1 N–H and O–H groups in total. The minimum atomic E-state index is 0. The van der Waals surface area contributed by atoms with Gasteiger partial charge in [0.25, 0.3) is 0 Å². The van der Waals surface area contributed by atoms with Gasteiger partial charge >= 0.3 is 0 Å². The average Bonchev–Trinajstić information content (AvgIpc) is 2.93. The van der Waals surface area contributed by atoms with Crippen LogP contribution in [0.3, 0.4) is 0 Å². The third-order valence-electron chi connectivity index (χ3n) is 4.03. The minimum absolute atomic E-state index is 0. The second kappa shape index (κ2) is 7.72. The highest BCUT2D eigenvalue weighted by atomic mass is 35.5. The average molecular weight is 323 g/mol. The number of aromatic nitrogens is 2. The van der Waals surface area contributed by atoms with E-state index in [1.54, 1.807) is 0 Å². The lowest BCUT2D eigenvalue weighted by Crippen LogP contribution is -2.45. The van der Waals surface area contributed by atoms with Crippen LogP contribution in [-0.4, -0.2) is 34.7 Å². The second-order valence-corrected chi connectivity index (χ2v) is 5.52. The van der Waals surface area contributed by atoms with Crippen LogP contribution in [0.25, 0.3) is 0 Å². The molecule has 1 aliphatic rings. The molecule has 3 rings (SSSR count). The summed E-state index contributed by atoms with van der Waals surface area (Å²) in [5.74, 6) is 1.40. The summed E-state index contributed by atoms with van der Waals surface area (Å²) in [5, 5.41) is 7.35. The molecule has 1 fully saturated rings. The van der Waals surface area contributed by atoms with Crippen molar-refractivity contribution in [2.24, 2.45) is 0 Å². The molecule has 0 aliphatic carbocycles. The molecule has 1 aliphatic heterocycles. The van der Waals surface area contributed by atoms with E-state index in [1.807, 2.05) is 6.92 Å². The summed E-state index contributed by atoms with van der Waals surface area (Å²) in [6, 6.07) is 9.28. The Hall–Kier alpha value is -1.43. The SMILES string of the molecule is CCc1ccc(C2CNCCN2Cc2nc(C)no2)cc1.Cl. The number of nitrogens with zero attached hydrogens (tertiary/aromatic N) is 3. The molecule has 1 aromatic heterocycles. The predicted octanol–water partition coefficient (Wildman–Crippen LogP) is 2.51. The standard InChI is InChI=1S/C16H22N4O.ClH/c1-3-13-4-6-14(7-5-13)15-10-17-8-9-20(15)11-16-18-12(2)19-21-16;/h4-7,15,17H,3,8-11H2,1-2H3;1H. The predicted molar refractivity (Wildman–Crippen MR) is 88.1 cm³/mol. The fourth-order valence-electron chi connectivity index (χ4n) is 2.82. The smallest absolute Gasteiger partial charge is 0.240 e. The zero-order valence-corrected chi connectivity index (χ0v) is 13.9. The zero-order chi connectivity index (χ0) is 14.7. The number of halogens is 1. The Labute approximate surface area is 137 Å². The normalized spacial score (nSPS) is 18.9. The Morgan fingerprint density at radius 1 is 1.32 bits per heavy atom. The molecule has 5 nitrogen and oxygen atoms in total. The van der Waals surface area contributed by atoms with E-state index < -0.39 is 0 Å². The van der Waals surface area contributed by atoms with Crippen molar-refractivity contribution in [1.29, 1.82) is 0 Å². The van der Waals surface area contributed by atoms with Gasteiger partial charge < -0.3 is 9.84 Å². The first-order valence-corrected chi connectivity index (χ1v) is 7.59. The fourth-order valence-corrected chi connectivity index (χ4v) is 2.82. The number of aryl methyl sites for hydroxylation is 2. The largest absolute Gasteiger partial charge is 0.338 e. The molecule has 120 valence electrons. The van der Waals surface area contributed by atoms with Crippen LogP contribution in [0.4, 0.5) is 0 Å². The van der Waals surface area contributed by atoms with Crippen molar-refractivity contribution in [3.05, 3.63) is 47.1 Å². The van der Waals surface area contributed by atoms with Crippen molar-refractivity contribution in [1.82, 2.24) is 20.4 Å². The van der Waals surface area contributed by atoms with Crippen LogP contribution < -0.4 is 5.32 Å². The monoisotopic (exact) mass is 322 g/mol. The van der Waals surface area contributed by atoms with E-state index in [0.29, 0.717) is 24.3 Å². The van der Waals surface area contributed by atoms with E-state index >= 15 is 0 Å². The first-order chi connectivity index (χ1) is 10.3. The van der Waals surface area contributed by atoms with Crippen molar-refractivity contribution in [3.8, 4) is 0 Å². The van der Waals surface area contributed by atoms with Crippen molar-refractivity contribution < 1.29 is 4.52 Å². The van der Waals surface area contributed by atoms with Gasteiger partial charge in [-0.05, 0) is 24.5 Å². The van der Waals surface area contributed by atoms with E-state index in [-0.39, 0.29) is 12.4 Å². The fraction of sp³-hybridized carbons (Fsp3) is 0.500. The molecular formula is C16H23ClN4O. The molecule has 22 heavy (non-hydrogen) atoms. The maximum Gasteiger partial charge on any atom is 0.240 e. The quantitative estimate of drug-likeness (QED) is 0.937. The lowest BCUT2D eigenvalue weighted by molar-refractivity contribution is 0.135. The molecule has 1 atom stereocenters. The van der Waals surface area contributed by atoms with Gasteiger partial charge in [0, 0.05) is 25.7 Å². The van der Waals surface area contributed by atoms with Gasteiger partial charge in [-0.3, -0.25) is 4.90 Å². The van der Waals surface area contributed by atoms with Crippen LogP contribution in [0, 0.1) is 6.92 Å². The lowest BCUT2D eigenvalue weighted by atomic mass is 10.0. The summed E-state index contributed by atoms with van der Waals surface area (Å²) in [7, 11) is 0. The molecular weight excluding hydrogens is 300 g/mol. The number of rotatable bonds is 4. The molecule has 6 heteroatoms. The molecule has 2 aromatic rings. The van der Waals surface area contributed by atoms with Gasteiger partial charge in [-0.1, -0.05) is 36.3 Å². The van der Waals surface area contributed by atoms with Gasteiger partial charge in [0.2, 0.25) is 5.89 Å². The van der Waals surface area contributed by atoms with Crippen molar-refractivity contribution in [2.75, 3.05) is 19.6 Å². The highest BCUT2D eigenvalue weighted by molar-refractivity contribution is 5.85. The first-order valence-electron chi connectivity index (χ1n) is 7.59. The Morgan fingerprint density at radius 3 is 2.73 bits per heavy atom. The Kier molecular flexibility index (Phi) is 5.94. The van der Waals surface area contributed by atoms with Crippen molar-refractivity contribution in [3.63, 3.8) is 0 Å². The second-order valence-electron chi connectivity index (χ2n) is 5.52. The van der Waals surface area contributed by atoms with Gasteiger partial charge in [-0.15, -0.1) is 12.4 Å². The van der Waals surface area contributed by atoms with Crippen molar-refractivity contribution >= 4 is 12.4 Å². The van der Waals surface area contributed by atoms with Crippen LogP contribution >= 0.6 is 12.4 Å². The maximum absolute atomic E-state index is 5.26. The molecule has 0 bridgehead atoms. The van der Waals surface area contributed by atoms with Gasteiger partial charge in [0.1, 0.15) is 0 Å². The van der Waals surface area contributed by atoms with Gasteiger partial charge in [-0.2, -0.15) is 4.98 Å². The number of piperazine rings is 1. The minimum Gasteiger partial charge on any atom is -0.338 e.